The van der Waals surface area contributed by atoms with E-state index < -0.39 is 0 Å². The van der Waals surface area contributed by atoms with E-state index in [4.69, 9.17) is 4.42 Å². The minimum Gasteiger partial charge on any atom is -0.448 e. The lowest BCUT2D eigenvalue weighted by Gasteiger charge is -2.06. The van der Waals surface area contributed by atoms with Crippen molar-refractivity contribution in [2.45, 2.75) is 13.3 Å². The molecule has 3 rings (SSSR count). The zero-order valence-corrected chi connectivity index (χ0v) is 12.4. The molecule has 1 heterocycles. The van der Waals surface area contributed by atoms with E-state index >= 15 is 0 Å². The molecule has 0 unspecified atom stereocenters. The molecule has 0 aliphatic rings. The van der Waals surface area contributed by atoms with Gasteiger partial charge in [-0.2, -0.15) is 0 Å². The Bertz CT molecular complexity index is 702. The molecule has 1 aromatic heterocycles. The number of ketones is 1. The summed E-state index contributed by atoms with van der Waals surface area (Å²) in [6.07, 6.45) is 2.34. The molecular weight excluding hydrogens is 274 g/mol. The third-order valence-electron chi connectivity index (χ3n) is 3.49. The molecule has 0 saturated heterocycles. The SMILES string of the molecule is CC(=O)c1c(Cc2ccccc2)coc1Nc1ccccc1. The maximum Gasteiger partial charge on any atom is 0.208 e. The van der Waals surface area contributed by atoms with Crippen molar-refractivity contribution in [3.05, 3.63) is 83.6 Å². The van der Waals surface area contributed by atoms with E-state index in [0.717, 1.165) is 16.8 Å². The summed E-state index contributed by atoms with van der Waals surface area (Å²) in [5.74, 6) is 0.503. The van der Waals surface area contributed by atoms with Crippen LogP contribution in [0.25, 0.3) is 0 Å². The fourth-order valence-electron chi connectivity index (χ4n) is 2.47. The van der Waals surface area contributed by atoms with E-state index in [9.17, 15) is 4.79 Å². The van der Waals surface area contributed by atoms with Gasteiger partial charge >= 0.3 is 0 Å². The minimum absolute atomic E-state index is 0.00175. The van der Waals surface area contributed by atoms with Crippen LogP contribution in [0.3, 0.4) is 0 Å². The molecule has 0 amide bonds. The van der Waals surface area contributed by atoms with E-state index in [-0.39, 0.29) is 5.78 Å². The molecule has 0 saturated carbocycles. The molecule has 2 aromatic carbocycles. The molecular formula is C19H17NO2. The number of benzene rings is 2. The molecule has 0 fully saturated rings. The predicted octanol–water partition coefficient (Wildman–Crippen LogP) is 4.82. The van der Waals surface area contributed by atoms with Crippen molar-refractivity contribution in [1.29, 1.82) is 0 Å². The summed E-state index contributed by atoms with van der Waals surface area (Å²) in [5.41, 5.74) is 3.56. The minimum atomic E-state index is -0.00175. The number of anilines is 2. The summed E-state index contributed by atoms with van der Waals surface area (Å²) in [6, 6.07) is 19.7. The smallest absolute Gasteiger partial charge is 0.208 e. The quantitative estimate of drug-likeness (QED) is 0.685. The Hall–Kier alpha value is -2.81. The van der Waals surface area contributed by atoms with Crippen LogP contribution in [0.15, 0.2) is 71.3 Å². The molecule has 0 aliphatic carbocycles. The average Bonchev–Trinajstić information content (AvgIpc) is 2.92. The van der Waals surface area contributed by atoms with Crippen LogP contribution in [0.4, 0.5) is 11.6 Å². The maximum atomic E-state index is 12.0. The normalized spacial score (nSPS) is 10.4. The van der Waals surface area contributed by atoms with Gasteiger partial charge < -0.3 is 9.73 Å². The third kappa shape index (κ3) is 3.09. The molecule has 0 radical (unpaired) electrons. The molecule has 0 spiro atoms. The Kier molecular flexibility index (Phi) is 4.05. The van der Waals surface area contributed by atoms with Gasteiger partial charge in [-0.25, -0.2) is 0 Å². The first kappa shape index (κ1) is 14.1. The van der Waals surface area contributed by atoms with E-state index in [0.29, 0.717) is 17.9 Å². The Balaban J connectivity index is 1.90. The molecule has 3 nitrogen and oxygen atoms in total. The number of carbonyl (C=O) groups excluding carboxylic acids is 1. The summed E-state index contributed by atoms with van der Waals surface area (Å²) in [6.45, 7) is 1.56. The molecule has 0 atom stereocenters. The summed E-state index contributed by atoms with van der Waals surface area (Å²) in [5, 5.41) is 3.17. The third-order valence-corrected chi connectivity index (χ3v) is 3.49. The standard InChI is InChI=1S/C19H17NO2/c1-14(21)18-16(12-15-8-4-2-5-9-15)13-22-19(18)20-17-10-6-3-7-11-17/h2-11,13,20H,12H2,1H3. The van der Waals surface area contributed by atoms with Crippen LogP contribution < -0.4 is 5.32 Å². The first-order chi connectivity index (χ1) is 10.7. The zero-order valence-electron chi connectivity index (χ0n) is 12.4. The van der Waals surface area contributed by atoms with Crippen molar-refractivity contribution in [1.82, 2.24) is 0 Å². The summed E-state index contributed by atoms with van der Waals surface area (Å²) >= 11 is 0. The highest BCUT2D eigenvalue weighted by atomic mass is 16.3. The van der Waals surface area contributed by atoms with Crippen LogP contribution in [-0.4, -0.2) is 5.78 Å². The second-order valence-electron chi connectivity index (χ2n) is 5.17. The van der Waals surface area contributed by atoms with Gasteiger partial charge in [0.15, 0.2) is 5.78 Å². The molecule has 22 heavy (non-hydrogen) atoms. The molecule has 3 aromatic rings. The summed E-state index contributed by atoms with van der Waals surface area (Å²) in [4.78, 5) is 12.0. The number of rotatable bonds is 5. The highest BCUT2D eigenvalue weighted by molar-refractivity contribution is 6.00. The van der Waals surface area contributed by atoms with E-state index in [2.05, 4.69) is 5.32 Å². The van der Waals surface area contributed by atoms with Gasteiger partial charge in [0.1, 0.15) is 0 Å². The number of para-hydroxylation sites is 1. The fraction of sp³-hybridized carbons (Fsp3) is 0.105. The van der Waals surface area contributed by atoms with Crippen molar-refractivity contribution in [2.24, 2.45) is 0 Å². The Morgan fingerprint density at radius 2 is 1.64 bits per heavy atom. The van der Waals surface area contributed by atoms with Gasteiger partial charge in [-0.3, -0.25) is 4.79 Å². The van der Waals surface area contributed by atoms with E-state index in [1.165, 1.54) is 0 Å². The summed E-state index contributed by atoms with van der Waals surface area (Å²) in [7, 11) is 0. The van der Waals surface area contributed by atoms with Gasteiger partial charge in [-0.1, -0.05) is 48.5 Å². The number of furan rings is 1. The lowest BCUT2D eigenvalue weighted by Crippen LogP contribution is -2.01. The second kappa shape index (κ2) is 6.31. The van der Waals surface area contributed by atoms with Crippen LogP contribution in [0, 0.1) is 0 Å². The Morgan fingerprint density at radius 1 is 1.00 bits per heavy atom. The first-order valence-electron chi connectivity index (χ1n) is 7.21. The van der Waals surface area contributed by atoms with Crippen LogP contribution in [0.1, 0.15) is 28.4 Å². The first-order valence-corrected chi connectivity index (χ1v) is 7.21. The van der Waals surface area contributed by atoms with E-state index in [1.54, 1.807) is 13.2 Å². The molecule has 0 bridgehead atoms. The highest BCUT2D eigenvalue weighted by Gasteiger charge is 2.18. The fourth-order valence-corrected chi connectivity index (χ4v) is 2.47. The van der Waals surface area contributed by atoms with Crippen LogP contribution >= 0.6 is 0 Å². The van der Waals surface area contributed by atoms with Gasteiger partial charge in [0, 0.05) is 17.7 Å². The highest BCUT2D eigenvalue weighted by Crippen LogP contribution is 2.28. The number of hydrogen-bond donors (Lipinski definition) is 1. The van der Waals surface area contributed by atoms with Crippen LogP contribution in [0.2, 0.25) is 0 Å². The second-order valence-corrected chi connectivity index (χ2v) is 5.17. The van der Waals surface area contributed by atoms with Gasteiger partial charge in [0.2, 0.25) is 5.88 Å². The molecule has 110 valence electrons. The number of hydrogen-bond acceptors (Lipinski definition) is 3. The predicted molar refractivity (Wildman–Crippen MR) is 87.7 cm³/mol. The lowest BCUT2D eigenvalue weighted by molar-refractivity contribution is 0.101. The molecule has 3 heteroatoms. The van der Waals surface area contributed by atoms with Gasteiger partial charge in [0.05, 0.1) is 11.8 Å². The van der Waals surface area contributed by atoms with Crippen LogP contribution in [-0.2, 0) is 6.42 Å². The van der Waals surface area contributed by atoms with Gasteiger partial charge in [-0.05, 0) is 24.6 Å². The van der Waals surface area contributed by atoms with E-state index in [1.807, 2.05) is 60.7 Å². The number of carbonyl (C=O) groups is 1. The lowest BCUT2D eigenvalue weighted by atomic mass is 10.0. The Morgan fingerprint density at radius 3 is 2.27 bits per heavy atom. The zero-order chi connectivity index (χ0) is 15.4. The van der Waals surface area contributed by atoms with Crippen LogP contribution in [0.5, 0.6) is 0 Å². The Labute approximate surface area is 129 Å². The monoisotopic (exact) mass is 291 g/mol. The topological polar surface area (TPSA) is 42.2 Å². The number of Topliss-reactive ketones (excluding diaryl/α,β-unsaturated/α-hetero) is 1. The van der Waals surface area contributed by atoms with Gasteiger partial charge in [-0.15, -0.1) is 0 Å². The largest absolute Gasteiger partial charge is 0.448 e. The molecule has 1 N–H and O–H groups in total. The van der Waals surface area contributed by atoms with Gasteiger partial charge in [0.25, 0.3) is 0 Å². The van der Waals surface area contributed by atoms with Crippen molar-refractivity contribution in [2.75, 3.05) is 5.32 Å². The van der Waals surface area contributed by atoms with Crippen molar-refractivity contribution in [3.8, 4) is 0 Å². The van der Waals surface area contributed by atoms with Crippen molar-refractivity contribution in [3.63, 3.8) is 0 Å². The number of nitrogens with one attached hydrogen (secondary N) is 1. The van der Waals surface area contributed by atoms with Crippen molar-refractivity contribution >= 4 is 17.4 Å². The van der Waals surface area contributed by atoms with Crippen molar-refractivity contribution < 1.29 is 9.21 Å². The molecule has 0 aliphatic heterocycles. The maximum absolute atomic E-state index is 12.0. The summed E-state index contributed by atoms with van der Waals surface area (Å²) < 4.78 is 5.60. The average molecular weight is 291 g/mol.